The van der Waals surface area contributed by atoms with E-state index in [9.17, 15) is 4.79 Å². The molecule has 2 rings (SSSR count). The van der Waals surface area contributed by atoms with Crippen molar-refractivity contribution in [2.45, 2.75) is 31.7 Å². The van der Waals surface area contributed by atoms with Crippen LogP contribution in [0.25, 0.3) is 0 Å². The molecule has 1 aromatic heterocycles. The molecule has 1 aliphatic rings. The SMILES string of the molecule is COC(=O)CC1CCCCN1c1nc(Br)cs1. The summed E-state index contributed by atoms with van der Waals surface area (Å²) in [6.07, 6.45) is 3.82. The van der Waals surface area contributed by atoms with Gasteiger partial charge in [-0.1, -0.05) is 0 Å². The number of thiazole rings is 1. The third kappa shape index (κ3) is 3.19. The number of methoxy groups -OCH3 is 1. The smallest absolute Gasteiger partial charge is 0.307 e. The second-order valence-electron chi connectivity index (χ2n) is 4.08. The van der Waals surface area contributed by atoms with Gasteiger partial charge in [0, 0.05) is 18.0 Å². The maximum Gasteiger partial charge on any atom is 0.307 e. The minimum Gasteiger partial charge on any atom is -0.469 e. The Morgan fingerprint density at radius 2 is 2.53 bits per heavy atom. The van der Waals surface area contributed by atoms with Gasteiger partial charge < -0.3 is 9.64 Å². The highest BCUT2D eigenvalue weighted by Gasteiger charge is 2.27. The zero-order valence-electron chi connectivity index (χ0n) is 9.69. The summed E-state index contributed by atoms with van der Waals surface area (Å²) in [6, 6.07) is 0.231. The third-order valence-electron chi connectivity index (χ3n) is 2.97. The quantitative estimate of drug-likeness (QED) is 0.804. The summed E-state index contributed by atoms with van der Waals surface area (Å²) in [5.74, 6) is -0.141. The Morgan fingerprint density at radius 1 is 1.71 bits per heavy atom. The summed E-state index contributed by atoms with van der Waals surface area (Å²) < 4.78 is 5.61. The lowest BCUT2D eigenvalue weighted by molar-refractivity contribution is -0.141. The fraction of sp³-hybridized carbons (Fsp3) is 0.636. The molecule has 1 unspecified atom stereocenters. The molecule has 4 nitrogen and oxygen atoms in total. The van der Waals surface area contributed by atoms with Crippen LogP contribution < -0.4 is 4.90 Å². The van der Waals surface area contributed by atoms with E-state index in [4.69, 9.17) is 4.74 Å². The number of aromatic nitrogens is 1. The highest BCUT2D eigenvalue weighted by atomic mass is 79.9. The van der Waals surface area contributed by atoms with Crippen molar-refractivity contribution in [3.63, 3.8) is 0 Å². The summed E-state index contributed by atoms with van der Waals surface area (Å²) in [5, 5.41) is 2.96. The summed E-state index contributed by atoms with van der Waals surface area (Å²) in [7, 11) is 1.44. The van der Waals surface area contributed by atoms with E-state index in [-0.39, 0.29) is 12.0 Å². The van der Waals surface area contributed by atoms with Crippen molar-refractivity contribution >= 4 is 38.4 Å². The maximum absolute atomic E-state index is 11.4. The van der Waals surface area contributed by atoms with Crippen LogP contribution in [0, 0.1) is 0 Å². The van der Waals surface area contributed by atoms with Gasteiger partial charge in [0.2, 0.25) is 0 Å². The van der Waals surface area contributed by atoms with E-state index in [1.807, 2.05) is 5.38 Å². The fourth-order valence-electron chi connectivity index (χ4n) is 2.12. The van der Waals surface area contributed by atoms with Crippen LogP contribution >= 0.6 is 27.3 Å². The third-order valence-corrected chi connectivity index (χ3v) is 4.55. The largest absolute Gasteiger partial charge is 0.469 e. The second-order valence-corrected chi connectivity index (χ2v) is 5.73. The molecule has 2 heterocycles. The van der Waals surface area contributed by atoms with Gasteiger partial charge in [-0.25, -0.2) is 4.98 Å². The van der Waals surface area contributed by atoms with E-state index >= 15 is 0 Å². The monoisotopic (exact) mass is 318 g/mol. The van der Waals surface area contributed by atoms with Crippen molar-refractivity contribution in [3.8, 4) is 0 Å². The van der Waals surface area contributed by atoms with Gasteiger partial charge in [0.15, 0.2) is 5.13 Å². The minimum absolute atomic E-state index is 0.141. The Morgan fingerprint density at radius 3 is 3.18 bits per heavy atom. The minimum atomic E-state index is -0.141. The molecule has 0 aromatic carbocycles. The zero-order chi connectivity index (χ0) is 12.3. The van der Waals surface area contributed by atoms with Gasteiger partial charge in [-0.15, -0.1) is 11.3 Å². The average Bonchev–Trinajstić information content (AvgIpc) is 2.76. The van der Waals surface area contributed by atoms with Crippen molar-refractivity contribution < 1.29 is 9.53 Å². The summed E-state index contributed by atoms with van der Waals surface area (Å²) in [4.78, 5) is 18.0. The molecule has 0 spiro atoms. The van der Waals surface area contributed by atoms with Gasteiger partial charge in [0.1, 0.15) is 4.60 Å². The van der Waals surface area contributed by atoms with Crippen LogP contribution in [0.3, 0.4) is 0 Å². The van der Waals surface area contributed by atoms with Crippen molar-refractivity contribution in [2.24, 2.45) is 0 Å². The lowest BCUT2D eigenvalue weighted by Gasteiger charge is -2.34. The van der Waals surface area contributed by atoms with Crippen LogP contribution in [0.1, 0.15) is 25.7 Å². The van der Waals surface area contributed by atoms with Crippen LogP contribution in [0.2, 0.25) is 0 Å². The molecule has 6 heteroatoms. The first-order chi connectivity index (χ1) is 8.20. The van der Waals surface area contributed by atoms with Crippen molar-refractivity contribution in [2.75, 3.05) is 18.6 Å². The average molecular weight is 319 g/mol. The first kappa shape index (κ1) is 12.8. The van der Waals surface area contributed by atoms with E-state index < -0.39 is 0 Å². The lowest BCUT2D eigenvalue weighted by atomic mass is 10.0. The maximum atomic E-state index is 11.4. The Balaban J connectivity index is 2.09. The molecule has 0 bridgehead atoms. The number of anilines is 1. The van der Waals surface area contributed by atoms with Gasteiger partial charge in [-0.05, 0) is 35.2 Å². The highest BCUT2D eigenvalue weighted by Crippen LogP contribution is 2.30. The van der Waals surface area contributed by atoms with Crippen LogP contribution in [0.4, 0.5) is 5.13 Å². The number of ether oxygens (including phenoxy) is 1. The number of halogens is 1. The van der Waals surface area contributed by atoms with Gasteiger partial charge in [-0.3, -0.25) is 4.79 Å². The second kappa shape index (κ2) is 5.82. The van der Waals surface area contributed by atoms with E-state index in [0.29, 0.717) is 6.42 Å². The van der Waals surface area contributed by atoms with Crippen molar-refractivity contribution in [1.29, 1.82) is 0 Å². The molecular formula is C11H15BrN2O2S. The normalized spacial score (nSPS) is 20.4. The number of hydrogen-bond donors (Lipinski definition) is 0. The Kier molecular flexibility index (Phi) is 4.39. The summed E-state index contributed by atoms with van der Waals surface area (Å²) in [6.45, 7) is 0.974. The molecule has 0 radical (unpaired) electrons. The Hall–Kier alpha value is -0.620. The predicted molar refractivity (Wildman–Crippen MR) is 71.4 cm³/mol. The van der Waals surface area contributed by atoms with Gasteiger partial charge in [-0.2, -0.15) is 0 Å². The van der Waals surface area contributed by atoms with Crippen LogP contribution in [0.15, 0.2) is 9.98 Å². The molecular weight excluding hydrogens is 304 g/mol. The summed E-state index contributed by atoms with van der Waals surface area (Å²) in [5.41, 5.74) is 0. The van der Waals surface area contributed by atoms with Crippen molar-refractivity contribution in [1.82, 2.24) is 4.98 Å². The van der Waals surface area contributed by atoms with E-state index in [1.165, 1.54) is 13.5 Å². The highest BCUT2D eigenvalue weighted by molar-refractivity contribution is 9.10. The number of hydrogen-bond acceptors (Lipinski definition) is 5. The number of carbonyl (C=O) groups excluding carboxylic acids is 1. The summed E-state index contributed by atoms with van der Waals surface area (Å²) >= 11 is 4.97. The van der Waals surface area contributed by atoms with Gasteiger partial charge in [0.25, 0.3) is 0 Å². The molecule has 0 aliphatic carbocycles. The first-order valence-electron chi connectivity index (χ1n) is 5.65. The van der Waals surface area contributed by atoms with Gasteiger partial charge >= 0.3 is 5.97 Å². The Bertz CT molecular complexity index is 397. The molecule has 17 heavy (non-hydrogen) atoms. The number of piperidine rings is 1. The molecule has 1 saturated heterocycles. The lowest BCUT2D eigenvalue weighted by Crippen LogP contribution is -2.41. The molecule has 0 saturated carbocycles. The number of rotatable bonds is 3. The first-order valence-corrected chi connectivity index (χ1v) is 7.32. The van der Waals surface area contributed by atoms with E-state index in [1.54, 1.807) is 11.3 Å². The van der Waals surface area contributed by atoms with E-state index in [0.717, 1.165) is 29.1 Å². The van der Waals surface area contributed by atoms with Crippen LogP contribution in [-0.2, 0) is 9.53 Å². The standard InChI is InChI=1S/C11H15BrN2O2S/c1-16-10(15)6-8-4-2-3-5-14(8)11-13-9(12)7-17-11/h7-8H,2-6H2,1H3. The number of nitrogens with zero attached hydrogens (tertiary/aromatic N) is 2. The molecule has 1 atom stereocenters. The fourth-order valence-corrected chi connectivity index (χ4v) is 3.47. The van der Waals surface area contributed by atoms with Gasteiger partial charge in [0.05, 0.1) is 13.5 Å². The van der Waals surface area contributed by atoms with E-state index in [2.05, 4.69) is 25.8 Å². The van der Waals surface area contributed by atoms with Crippen molar-refractivity contribution in [3.05, 3.63) is 9.98 Å². The Labute approximate surface area is 113 Å². The molecule has 1 aliphatic heterocycles. The number of esters is 1. The molecule has 0 amide bonds. The molecule has 1 aromatic rings. The predicted octanol–water partition coefficient (Wildman–Crippen LogP) is 2.83. The van der Waals surface area contributed by atoms with Crippen LogP contribution in [0.5, 0.6) is 0 Å². The molecule has 0 N–H and O–H groups in total. The molecule has 94 valence electrons. The number of carbonyl (C=O) groups is 1. The van der Waals surface area contributed by atoms with Crippen LogP contribution in [-0.4, -0.2) is 30.6 Å². The topological polar surface area (TPSA) is 42.4 Å². The molecule has 1 fully saturated rings. The zero-order valence-corrected chi connectivity index (χ0v) is 12.1.